The number of Topliss-reactive ketones (excluding diaryl/α,β-unsaturated/α-hetero) is 2. The molecular weight excluding hydrogens is 276 g/mol. The molecular formula is C15H10O6. The Balaban J connectivity index is 2.09. The van der Waals surface area contributed by atoms with Crippen molar-refractivity contribution in [2.45, 2.75) is 6.10 Å². The van der Waals surface area contributed by atoms with E-state index in [1.54, 1.807) is 18.2 Å². The van der Waals surface area contributed by atoms with E-state index < -0.39 is 34.9 Å². The lowest BCUT2D eigenvalue weighted by atomic mass is 9.94. The number of carbonyl (C=O) groups excluding carboxylic acids is 2. The first-order valence-electron chi connectivity index (χ1n) is 6.08. The summed E-state index contributed by atoms with van der Waals surface area (Å²) >= 11 is 0. The number of carbonyl (C=O) groups is 2. The fourth-order valence-corrected chi connectivity index (χ4v) is 2.19. The van der Waals surface area contributed by atoms with Crippen LogP contribution in [0.5, 0.6) is 23.0 Å². The average Bonchev–Trinajstić information content (AvgIpc) is 2.48. The molecule has 0 saturated carbocycles. The highest BCUT2D eigenvalue weighted by Gasteiger charge is 2.37. The Morgan fingerprint density at radius 1 is 0.952 bits per heavy atom. The van der Waals surface area contributed by atoms with Gasteiger partial charge in [0.1, 0.15) is 5.75 Å². The number of ether oxygens (including phenoxy) is 1. The Labute approximate surface area is 118 Å². The molecule has 6 heteroatoms. The Bertz CT molecular complexity index is 742. The van der Waals surface area contributed by atoms with E-state index in [0.717, 1.165) is 12.1 Å². The molecule has 0 fully saturated rings. The predicted octanol–water partition coefficient (Wildman–Crippen LogP) is 1.69. The summed E-state index contributed by atoms with van der Waals surface area (Å²) in [6.07, 6.45) is -1.27. The summed E-state index contributed by atoms with van der Waals surface area (Å²) < 4.78 is 5.48. The van der Waals surface area contributed by atoms with Gasteiger partial charge in [-0.15, -0.1) is 0 Å². The lowest BCUT2D eigenvalue weighted by Gasteiger charge is -2.24. The van der Waals surface area contributed by atoms with Gasteiger partial charge in [-0.3, -0.25) is 9.59 Å². The molecule has 1 aliphatic rings. The largest absolute Gasteiger partial charge is 0.504 e. The molecule has 3 N–H and O–H groups in total. The first-order valence-corrected chi connectivity index (χ1v) is 6.08. The highest BCUT2D eigenvalue weighted by Crippen LogP contribution is 2.40. The Kier molecular flexibility index (Phi) is 2.79. The number of rotatable bonds is 1. The summed E-state index contributed by atoms with van der Waals surface area (Å²) in [5, 5.41) is 28.3. The lowest BCUT2D eigenvalue weighted by Crippen LogP contribution is -2.31. The molecule has 0 amide bonds. The van der Waals surface area contributed by atoms with Crippen molar-refractivity contribution in [1.29, 1.82) is 0 Å². The van der Waals surface area contributed by atoms with Crippen LogP contribution in [0, 0.1) is 0 Å². The van der Waals surface area contributed by atoms with Crippen LogP contribution < -0.4 is 4.74 Å². The van der Waals surface area contributed by atoms with Gasteiger partial charge < -0.3 is 20.1 Å². The van der Waals surface area contributed by atoms with Crippen molar-refractivity contribution in [3.63, 3.8) is 0 Å². The molecule has 6 nitrogen and oxygen atoms in total. The molecule has 3 rings (SSSR count). The second kappa shape index (κ2) is 4.52. The highest BCUT2D eigenvalue weighted by atomic mass is 16.5. The number of hydrogen-bond donors (Lipinski definition) is 3. The number of phenols is 3. The van der Waals surface area contributed by atoms with Gasteiger partial charge in [-0.1, -0.05) is 12.1 Å². The van der Waals surface area contributed by atoms with Gasteiger partial charge >= 0.3 is 0 Å². The Morgan fingerprint density at radius 3 is 2.24 bits per heavy atom. The Hall–Kier alpha value is -3.02. The van der Waals surface area contributed by atoms with E-state index in [9.17, 15) is 24.9 Å². The molecule has 106 valence electrons. The van der Waals surface area contributed by atoms with Crippen LogP contribution in [0.3, 0.4) is 0 Å². The molecule has 0 bridgehead atoms. The average molecular weight is 286 g/mol. The Morgan fingerprint density at radius 2 is 1.57 bits per heavy atom. The number of fused-ring (bicyclic) bond motifs is 1. The standard InChI is InChI=1S/C15H10O6/c16-9-5-7(6-10(17)13(9)19)15-14(20)12(18)8-3-1-2-4-11(8)21-15/h1-6,15-17,19H. The molecule has 2 aromatic rings. The van der Waals surface area contributed by atoms with Gasteiger partial charge in [-0.2, -0.15) is 0 Å². The van der Waals surface area contributed by atoms with Crippen molar-refractivity contribution in [2.24, 2.45) is 0 Å². The van der Waals surface area contributed by atoms with E-state index in [0.29, 0.717) is 0 Å². The van der Waals surface area contributed by atoms with Gasteiger partial charge in [-0.05, 0) is 24.3 Å². The predicted molar refractivity (Wildman–Crippen MR) is 70.6 cm³/mol. The number of aromatic hydroxyl groups is 3. The SMILES string of the molecule is O=C1C(=O)C(c2cc(O)c(O)c(O)c2)Oc2ccccc21. The fourth-order valence-electron chi connectivity index (χ4n) is 2.19. The van der Waals surface area contributed by atoms with E-state index in [-0.39, 0.29) is 16.9 Å². The van der Waals surface area contributed by atoms with Gasteiger partial charge in [0, 0.05) is 5.56 Å². The van der Waals surface area contributed by atoms with Gasteiger partial charge in [0.2, 0.25) is 11.6 Å². The summed E-state index contributed by atoms with van der Waals surface area (Å²) in [6, 6.07) is 8.44. The van der Waals surface area contributed by atoms with Gasteiger partial charge in [0.15, 0.2) is 23.4 Å². The molecule has 0 spiro atoms. The number of phenolic OH excluding ortho intramolecular Hbond substituents is 3. The van der Waals surface area contributed by atoms with Crippen LogP contribution in [-0.2, 0) is 4.79 Å². The van der Waals surface area contributed by atoms with Gasteiger partial charge in [0.05, 0.1) is 5.56 Å². The van der Waals surface area contributed by atoms with E-state index in [4.69, 9.17) is 4.74 Å². The number of benzene rings is 2. The molecule has 1 heterocycles. The smallest absolute Gasteiger partial charge is 0.248 e. The van der Waals surface area contributed by atoms with Crippen LogP contribution in [0.1, 0.15) is 22.0 Å². The zero-order valence-electron chi connectivity index (χ0n) is 10.6. The molecule has 1 unspecified atom stereocenters. The second-order valence-electron chi connectivity index (χ2n) is 4.60. The van der Waals surface area contributed by atoms with Gasteiger partial charge in [0.25, 0.3) is 0 Å². The van der Waals surface area contributed by atoms with E-state index in [1.165, 1.54) is 6.07 Å². The quantitative estimate of drug-likeness (QED) is 0.544. The highest BCUT2D eigenvalue weighted by molar-refractivity contribution is 6.46. The monoisotopic (exact) mass is 286 g/mol. The molecule has 0 aromatic heterocycles. The maximum absolute atomic E-state index is 12.1. The lowest BCUT2D eigenvalue weighted by molar-refractivity contribution is -0.122. The third kappa shape index (κ3) is 1.97. The summed E-state index contributed by atoms with van der Waals surface area (Å²) in [4.78, 5) is 24.1. The molecule has 0 radical (unpaired) electrons. The van der Waals surface area contributed by atoms with Crippen LogP contribution in [0.25, 0.3) is 0 Å². The van der Waals surface area contributed by atoms with Gasteiger partial charge in [-0.25, -0.2) is 0 Å². The molecule has 1 atom stereocenters. The molecule has 1 aliphatic heterocycles. The molecule has 2 aromatic carbocycles. The molecule has 0 aliphatic carbocycles. The zero-order valence-corrected chi connectivity index (χ0v) is 10.6. The number of para-hydroxylation sites is 1. The van der Waals surface area contributed by atoms with Crippen LogP contribution >= 0.6 is 0 Å². The van der Waals surface area contributed by atoms with E-state index in [2.05, 4.69) is 0 Å². The third-order valence-electron chi connectivity index (χ3n) is 3.23. The molecule has 21 heavy (non-hydrogen) atoms. The third-order valence-corrected chi connectivity index (χ3v) is 3.23. The zero-order chi connectivity index (χ0) is 15.1. The van der Waals surface area contributed by atoms with E-state index in [1.807, 2.05) is 0 Å². The minimum absolute atomic E-state index is 0.0793. The minimum Gasteiger partial charge on any atom is -0.504 e. The van der Waals surface area contributed by atoms with Crippen molar-refractivity contribution in [2.75, 3.05) is 0 Å². The summed E-state index contributed by atoms with van der Waals surface area (Å²) in [5.41, 5.74) is 0.252. The summed E-state index contributed by atoms with van der Waals surface area (Å²) in [7, 11) is 0. The van der Waals surface area contributed by atoms with Crippen LogP contribution in [0.15, 0.2) is 36.4 Å². The first kappa shape index (κ1) is 13.0. The summed E-state index contributed by atoms with van der Waals surface area (Å²) in [5.74, 6) is -3.17. The van der Waals surface area contributed by atoms with Crippen molar-refractivity contribution in [3.8, 4) is 23.0 Å². The second-order valence-corrected chi connectivity index (χ2v) is 4.60. The number of hydrogen-bond acceptors (Lipinski definition) is 6. The van der Waals surface area contributed by atoms with Crippen molar-refractivity contribution in [3.05, 3.63) is 47.5 Å². The molecule has 0 saturated heterocycles. The fraction of sp³-hybridized carbons (Fsp3) is 0.0667. The van der Waals surface area contributed by atoms with Crippen molar-refractivity contribution >= 4 is 11.6 Å². The van der Waals surface area contributed by atoms with E-state index >= 15 is 0 Å². The first-order chi connectivity index (χ1) is 9.99. The van der Waals surface area contributed by atoms with Crippen LogP contribution in [0.4, 0.5) is 0 Å². The number of ketones is 2. The van der Waals surface area contributed by atoms with Crippen LogP contribution in [-0.4, -0.2) is 26.9 Å². The van der Waals surface area contributed by atoms with Crippen molar-refractivity contribution < 1.29 is 29.6 Å². The van der Waals surface area contributed by atoms with Crippen LogP contribution in [0.2, 0.25) is 0 Å². The maximum atomic E-state index is 12.1. The minimum atomic E-state index is -1.27. The summed E-state index contributed by atoms with van der Waals surface area (Å²) in [6.45, 7) is 0. The maximum Gasteiger partial charge on any atom is 0.248 e. The van der Waals surface area contributed by atoms with Crippen molar-refractivity contribution in [1.82, 2.24) is 0 Å². The topological polar surface area (TPSA) is 104 Å². The normalized spacial score (nSPS) is 17.2.